The van der Waals surface area contributed by atoms with Gasteiger partial charge < -0.3 is 19.6 Å². The van der Waals surface area contributed by atoms with Gasteiger partial charge in [-0.1, -0.05) is 30.3 Å². The highest BCUT2D eigenvalue weighted by atomic mass is 32.1. The van der Waals surface area contributed by atoms with Gasteiger partial charge in [0.05, 0.1) is 18.2 Å². The Balaban J connectivity index is 1.75. The summed E-state index contributed by atoms with van der Waals surface area (Å²) in [6.45, 7) is 2.26. The van der Waals surface area contributed by atoms with Crippen LogP contribution >= 0.6 is 11.3 Å². The molecule has 1 atom stereocenters. The summed E-state index contributed by atoms with van der Waals surface area (Å²) in [5.74, 6) is 1.76. The normalized spacial score (nSPS) is 13.5. The van der Waals surface area contributed by atoms with E-state index in [2.05, 4.69) is 32.8 Å². The summed E-state index contributed by atoms with van der Waals surface area (Å²) < 4.78 is 10.6. The van der Waals surface area contributed by atoms with Crippen LogP contribution in [0.5, 0.6) is 0 Å². The standard InChI is InChI=1S/C21H21N3O3S/c1-21(25,16-9-6-10-27-16)13-22-19-18-15(14-7-4-3-5-8-14)12-28-20(18)24-17(23-19)11-26-2/h3-10,12,25H,11,13H2,1-2H3,(H,22,23,24)/t21-/m0/s1. The van der Waals surface area contributed by atoms with Gasteiger partial charge in [0, 0.05) is 18.1 Å². The number of ether oxygens (including phenoxy) is 1. The molecule has 0 saturated carbocycles. The summed E-state index contributed by atoms with van der Waals surface area (Å²) in [4.78, 5) is 10.2. The Labute approximate surface area is 166 Å². The molecule has 0 amide bonds. The third-order valence-electron chi connectivity index (χ3n) is 4.49. The van der Waals surface area contributed by atoms with Crippen molar-refractivity contribution in [1.82, 2.24) is 9.97 Å². The van der Waals surface area contributed by atoms with Crippen molar-refractivity contribution in [2.24, 2.45) is 0 Å². The third kappa shape index (κ3) is 3.64. The van der Waals surface area contributed by atoms with Crippen LogP contribution in [0.3, 0.4) is 0 Å². The van der Waals surface area contributed by atoms with Gasteiger partial charge in [0.1, 0.15) is 28.6 Å². The van der Waals surface area contributed by atoms with Gasteiger partial charge in [0.25, 0.3) is 0 Å². The number of nitrogens with zero attached hydrogens (tertiary/aromatic N) is 2. The highest BCUT2D eigenvalue weighted by molar-refractivity contribution is 7.17. The molecule has 0 saturated heterocycles. The predicted molar refractivity (Wildman–Crippen MR) is 110 cm³/mol. The minimum absolute atomic E-state index is 0.239. The van der Waals surface area contributed by atoms with Crippen LogP contribution in [0.1, 0.15) is 18.5 Å². The van der Waals surface area contributed by atoms with Crippen LogP contribution in [0, 0.1) is 0 Å². The van der Waals surface area contributed by atoms with Crippen LogP contribution in [0.15, 0.2) is 58.5 Å². The van der Waals surface area contributed by atoms with E-state index < -0.39 is 5.60 Å². The Hall–Kier alpha value is -2.74. The topological polar surface area (TPSA) is 80.4 Å². The van der Waals surface area contributed by atoms with Crippen molar-refractivity contribution in [3.8, 4) is 11.1 Å². The average molecular weight is 395 g/mol. The number of hydrogen-bond acceptors (Lipinski definition) is 7. The van der Waals surface area contributed by atoms with Crippen LogP contribution in [0.4, 0.5) is 5.82 Å². The maximum atomic E-state index is 10.8. The molecule has 0 bridgehead atoms. The van der Waals surface area contributed by atoms with E-state index in [0.29, 0.717) is 24.0 Å². The molecule has 0 fully saturated rings. The molecule has 1 aromatic carbocycles. The number of fused-ring (bicyclic) bond motifs is 1. The van der Waals surface area contributed by atoms with E-state index in [-0.39, 0.29) is 6.54 Å². The lowest BCUT2D eigenvalue weighted by atomic mass is 10.0. The molecule has 3 heterocycles. The molecule has 0 aliphatic rings. The van der Waals surface area contributed by atoms with Crippen LogP contribution in [-0.4, -0.2) is 28.7 Å². The number of hydrogen-bond donors (Lipinski definition) is 2. The molecular weight excluding hydrogens is 374 g/mol. The Kier molecular flexibility index (Phi) is 5.13. The van der Waals surface area contributed by atoms with E-state index in [9.17, 15) is 5.11 Å². The molecule has 0 aliphatic carbocycles. The van der Waals surface area contributed by atoms with Gasteiger partial charge in [-0.2, -0.15) is 0 Å². The number of aromatic nitrogens is 2. The molecule has 4 aromatic rings. The van der Waals surface area contributed by atoms with Crippen molar-refractivity contribution >= 4 is 27.4 Å². The molecule has 0 aliphatic heterocycles. The summed E-state index contributed by atoms with van der Waals surface area (Å²) >= 11 is 1.57. The summed E-state index contributed by atoms with van der Waals surface area (Å²) in [6, 6.07) is 13.6. The Morgan fingerprint density at radius 1 is 1.18 bits per heavy atom. The molecule has 0 radical (unpaired) electrons. The molecule has 6 nitrogen and oxygen atoms in total. The first-order valence-corrected chi connectivity index (χ1v) is 9.79. The van der Waals surface area contributed by atoms with E-state index in [0.717, 1.165) is 21.3 Å². The first-order valence-electron chi connectivity index (χ1n) is 8.91. The predicted octanol–water partition coefficient (Wildman–Crippen LogP) is 4.42. The van der Waals surface area contributed by atoms with Crippen molar-refractivity contribution in [3.05, 3.63) is 65.7 Å². The molecule has 2 N–H and O–H groups in total. The number of rotatable bonds is 7. The van der Waals surface area contributed by atoms with Gasteiger partial charge in [0.2, 0.25) is 0 Å². The van der Waals surface area contributed by atoms with Crippen LogP contribution < -0.4 is 5.32 Å². The highest BCUT2D eigenvalue weighted by Crippen LogP contribution is 2.37. The minimum atomic E-state index is -1.18. The molecule has 144 valence electrons. The summed E-state index contributed by atoms with van der Waals surface area (Å²) in [5.41, 5.74) is 0.980. The zero-order valence-electron chi connectivity index (χ0n) is 15.7. The lowest BCUT2D eigenvalue weighted by Crippen LogP contribution is -2.30. The molecule has 0 spiro atoms. The molecule has 7 heteroatoms. The second-order valence-electron chi connectivity index (χ2n) is 6.72. The number of thiophene rings is 1. The van der Waals surface area contributed by atoms with Crippen LogP contribution in [0.2, 0.25) is 0 Å². The van der Waals surface area contributed by atoms with E-state index in [4.69, 9.17) is 9.15 Å². The zero-order valence-corrected chi connectivity index (χ0v) is 16.5. The van der Waals surface area contributed by atoms with Gasteiger partial charge in [0.15, 0.2) is 5.82 Å². The van der Waals surface area contributed by atoms with Crippen LogP contribution in [-0.2, 0) is 16.9 Å². The zero-order chi connectivity index (χ0) is 19.6. The number of nitrogens with one attached hydrogen (secondary N) is 1. The van der Waals surface area contributed by atoms with Crippen molar-refractivity contribution < 1.29 is 14.3 Å². The quantitative estimate of drug-likeness (QED) is 0.482. The second kappa shape index (κ2) is 7.71. The molecule has 28 heavy (non-hydrogen) atoms. The van der Waals surface area contributed by atoms with Gasteiger partial charge in [-0.05, 0) is 24.6 Å². The van der Waals surface area contributed by atoms with Gasteiger partial charge >= 0.3 is 0 Å². The van der Waals surface area contributed by atoms with Crippen molar-refractivity contribution in [2.45, 2.75) is 19.1 Å². The first-order chi connectivity index (χ1) is 13.6. The lowest BCUT2D eigenvalue weighted by Gasteiger charge is -2.22. The first kappa shape index (κ1) is 18.6. The Morgan fingerprint density at radius 3 is 2.71 bits per heavy atom. The maximum absolute atomic E-state index is 10.8. The van der Waals surface area contributed by atoms with Crippen molar-refractivity contribution in [1.29, 1.82) is 0 Å². The number of furan rings is 1. The summed E-state index contributed by atoms with van der Waals surface area (Å²) in [6.07, 6.45) is 1.55. The monoisotopic (exact) mass is 395 g/mol. The SMILES string of the molecule is COCc1nc(NC[C@](C)(O)c2ccco2)c2c(-c3ccccc3)csc2n1. The smallest absolute Gasteiger partial charge is 0.158 e. The number of benzene rings is 1. The second-order valence-corrected chi connectivity index (χ2v) is 7.58. The highest BCUT2D eigenvalue weighted by Gasteiger charge is 2.27. The van der Waals surface area contributed by atoms with Crippen molar-refractivity contribution in [3.63, 3.8) is 0 Å². The number of anilines is 1. The average Bonchev–Trinajstić information content (AvgIpc) is 3.38. The van der Waals surface area contributed by atoms with E-state index in [1.54, 1.807) is 43.8 Å². The molecule has 4 rings (SSSR count). The van der Waals surface area contributed by atoms with Crippen molar-refractivity contribution in [2.75, 3.05) is 19.0 Å². The minimum Gasteiger partial charge on any atom is -0.466 e. The van der Waals surface area contributed by atoms with E-state index in [1.807, 2.05) is 18.2 Å². The summed E-state index contributed by atoms with van der Waals surface area (Å²) in [7, 11) is 1.62. The Morgan fingerprint density at radius 2 is 2.00 bits per heavy atom. The maximum Gasteiger partial charge on any atom is 0.158 e. The molecular formula is C21H21N3O3S. The fraction of sp³-hybridized carbons (Fsp3) is 0.238. The fourth-order valence-corrected chi connectivity index (χ4v) is 4.03. The molecule has 0 unspecified atom stereocenters. The van der Waals surface area contributed by atoms with Crippen LogP contribution in [0.25, 0.3) is 21.3 Å². The van der Waals surface area contributed by atoms with E-state index in [1.165, 1.54) is 0 Å². The lowest BCUT2D eigenvalue weighted by molar-refractivity contribution is 0.0476. The van der Waals surface area contributed by atoms with E-state index >= 15 is 0 Å². The molecule has 3 aromatic heterocycles. The Bertz CT molecular complexity index is 1060. The van der Waals surface area contributed by atoms with Gasteiger partial charge in [-0.15, -0.1) is 11.3 Å². The van der Waals surface area contributed by atoms with Gasteiger partial charge in [-0.3, -0.25) is 0 Å². The fourth-order valence-electron chi connectivity index (χ4n) is 3.07. The van der Waals surface area contributed by atoms with Gasteiger partial charge in [-0.25, -0.2) is 9.97 Å². The number of methoxy groups -OCH3 is 1. The third-order valence-corrected chi connectivity index (χ3v) is 5.36. The number of aliphatic hydroxyl groups is 1. The summed E-state index contributed by atoms with van der Waals surface area (Å²) in [5, 5.41) is 17.1. The largest absolute Gasteiger partial charge is 0.466 e.